The molecule has 2 aliphatic heterocycles. The molecule has 3 aliphatic rings. The molecule has 1 atom stereocenters. The fraction of sp³-hybridized carbons (Fsp3) is 0.650. The maximum Gasteiger partial charge on any atom is 0.255 e. The highest BCUT2D eigenvalue weighted by Crippen LogP contribution is 2.35. The summed E-state index contributed by atoms with van der Waals surface area (Å²) in [7, 11) is 2.13. The van der Waals surface area contributed by atoms with Crippen molar-refractivity contribution in [3.05, 3.63) is 23.9 Å². The Hall–Kier alpha value is -2.15. The number of likely N-dealkylation sites (tertiary alicyclic amines) is 1. The van der Waals surface area contributed by atoms with Crippen LogP contribution in [0.25, 0.3) is 0 Å². The number of likely N-dealkylation sites (N-methyl/N-ethyl adjacent to an activating group) is 1. The number of nitrogen functional groups attached to an aromatic ring is 1. The molecular weight excluding hydrogens is 342 g/mol. The molecule has 2 saturated heterocycles. The third-order valence-corrected chi connectivity index (χ3v) is 6.50. The summed E-state index contributed by atoms with van der Waals surface area (Å²) >= 11 is 0. The molecule has 1 aliphatic carbocycles. The van der Waals surface area contributed by atoms with Gasteiger partial charge in [0, 0.05) is 50.9 Å². The molecule has 146 valence electrons. The molecule has 2 amide bonds. The van der Waals surface area contributed by atoms with Gasteiger partial charge in [-0.15, -0.1) is 0 Å². The summed E-state index contributed by atoms with van der Waals surface area (Å²) < 4.78 is 0. The second-order valence-corrected chi connectivity index (χ2v) is 8.38. The summed E-state index contributed by atoms with van der Waals surface area (Å²) in [5.41, 5.74) is 6.09. The van der Waals surface area contributed by atoms with Crippen LogP contribution in [0.5, 0.6) is 0 Å². The summed E-state index contributed by atoms with van der Waals surface area (Å²) in [4.78, 5) is 36.0. The lowest BCUT2D eigenvalue weighted by atomic mass is 9.86. The second-order valence-electron chi connectivity index (χ2n) is 8.38. The molecule has 1 aromatic heterocycles. The highest BCUT2D eigenvalue weighted by atomic mass is 16.2. The molecule has 7 heteroatoms. The van der Waals surface area contributed by atoms with Crippen LogP contribution in [0.15, 0.2) is 18.3 Å². The largest absolute Gasteiger partial charge is 0.384 e. The number of hydrogen-bond acceptors (Lipinski definition) is 5. The minimum atomic E-state index is -0.122. The zero-order valence-electron chi connectivity index (χ0n) is 16.1. The average Bonchev–Trinajstić information content (AvgIpc) is 3.50. The highest BCUT2D eigenvalue weighted by molar-refractivity contribution is 5.94. The Kier molecular flexibility index (Phi) is 4.80. The van der Waals surface area contributed by atoms with Crippen molar-refractivity contribution in [2.75, 3.05) is 45.5 Å². The monoisotopic (exact) mass is 371 g/mol. The van der Waals surface area contributed by atoms with E-state index in [1.165, 1.54) is 12.8 Å². The van der Waals surface area contributed by atoms with E-state index in [4.69, 9.17) is 5.73 Å². The Morgan fingerprint density at radius 1 is 1.26 bits per heavy atom. The van der Waals surface area contributed by atoms with Gasteiger partial charge in [0.2, 0.25) is 5.91 Å². The van der Waals surface area contributed by atoms with E-state index in [0.717, 1.165) is 32.5 Å². The van der Waals surface area contributed by atoms with E-state index in [2.05, 4.69) is 21.8 Å². The van der Waals surface area contributed by atoms with Gasteiger partial charge < -0.3 is 15.5 Å². The zero-order chi connectivity index (χ0) is 19.0. The minimum Gasteiger partial charge on any atom is -0.384 e. The van der Waals surface area contributed by atoms with E-state index in [0.29, 0.717) is 36.8 Å². The lowest BCUT2D eigenvalue weighted by Crippen LogP contribution is -2.62. The summed E-state index contributed by atoms with van der Waals surface area (Å²) in [6.07, 6.45) is 6.37. The van der Waals surface area contributed by atoms with Gasteiger partial charge in [0.15, 0.2) is 0 Å². The first-order chi connectivity index (χ1) is 13.0. The summed E-state index contributed by atoms with van der Waals surface area (Å²) in [6.45, 7) is 3.90. The van der Waals surface area contributed by atoms with Gasteiger partial charge in [0.05, 0.1) is 5.56 Å². The number of aromatic nitrogens is 1. The van der Waals surface area contributed by atoms with Gasteiger partial charge in [0.1, 0.15) is 5.82 Å². The van der Waals surface area contributed by atoms with Crippen molar-refractivity contribution in [2.45, 2.75) is 37.6 Å². The molecule has 3 fully saturated rings. The third-order valence-electron chi connectivity index (χ3n) is 6.50. The van der Waals surface area contributed by atoms with Gasteiger partial charge in [-0.3, -0.25) is 14.5 Å². The Labute approximate surface area is 160 Å². The Morgan fingerprint density at radius 3 is 2.78 bits per heavy atom. The van der Waals surface area contributed by atoms with E-state index in [-0.39, 0.29) is 17.4 Å². The number of nitrogens with zero attached hydrogens (tertiary/aromatic N) is 4. The van der Waals surface area contributed by atoms with Gasteiger partial charge >= 0.3 is 0 Å². The number of carbonyl (C=O) groups excluding carboxylic acids is 2. The Bertz CT molecular complexity index is 718. The summed E-state index contributed by atoms with van der Waals surface area (Å²) in [6, 6.07) is 3.41. The predicted octanol–water partition coefficient (Wildman–Crippen LogP) is 1.21. The van der Waals surface area contributed by atoms with Gasteiger partial charge in [0.25, 0.3) is 5.91 Å². The molecule has 0 bridgehead atoms. The van der Waals surface area contributed by atoms with Crippen molar-refractivity contribution in [2.24, 2.45) is 5.92 Å². The molecule has 3 heterocycles. The van der Waals surface area contributed by atoms with Crippen LogP contribution in [0, 0.1) is 5.92 Å². The van der Waals surface area contributed by atoms with Crippen LogP contribution in [-0.2, 0) is 4.79 Å². The number of anilines is 1. The van der Waals surface area contributed by atoms with Gasteiger partial charge in [-0.25, -0.2) is 4.98 Å². The van der Waals surface area contributed by atoms with E-state index in [1.807, 2.05) is 4.90 Å². The lowest BCUT2D eigenvalue weighted by molar-refractivity contribution is -0.130. The van der Waals surface area contributed by atoms with Crippen LogP contribution in [0.1, 0.15) is 42.5 Å². The van der Waals surface area contributed by atoms with E-state index < -0.39 is 0 Å². The van der Waals surface area contributed by atoms with Gasteiger partial charge in [-0.2, -0.15) is 0 Å². The van der Waals surface area contributed by atoms with E-state index >= 15 is 0 Å². The van der Waals surface area contributed by atoms with Gasteiger partial charge in [-0.05, 0) is 50.8 Å². The SMILES string of the molecule is CN1CCN(C(=O)c2ccc(N)nc2)CC12CCC(=O)N(CC1CC1)CC2. The number of rotatable bonds is 3. The topological polar surface area (TPSA) is 82.8 Å². The first kappa shape index (κ1) is 18.2. The quantitative estimate of drug-likeness (QED) is 0.864. The molecule has 2 N–H and O–H groups in total. The van der Waals surface area contributed by atoms with Crippen molar-refractivity contribution in [3.8, 4) is 0 Å². The predicted molar refractivity (Wildman–Crippen MR) is 103 cm³/mol. The van der Waals surface area contributed by atoms with Crippen molar-refractivity contribution < 1.29 is 9.59 Å². The van der Waals surface area contributed by atoms with Crippen LogP contribution in [0.4, 0.5) is 5.82 Å². The summed E-state index contributed by atoms with van der Waals surface area (Å²) in [5.74, 6) is 1.40. The third kappa shape index (κ3) is 3.78. The standard InChI is InChI=1S/C20H29N5O2/c1-23-10-11-25(19(27)16-4-5-17(21)22-12-16)14-20(23)7-6-18(26)24(9-8-20)13-15-2-3-15/h4-5,12,15H,2-3,6-11,13-14H2,1H3,(H2,21,22). The average molecular weight is 371 g/mol. The minimum absolute atomic E-state index is 0.000356. The number of carbonyl (C=O) groups is 2. The molecule has 7 nitrogen and oxygen atoms in total. The number of pyridine rings is 1. The first-order valence-corrected chi connectivity index (χ1v) is 9.97. The smallest absolute Gasteiger partial charge is 0.255 e. The van der Waals surface area contributed by atoms with Gasteiger partial charge in [-0.1, -0.05) is 0 Å². The van der Waals surface area contributed by atoms with Crippen LogP contribution in [0.2, 0.25) is 0 Å². The maximum absolute atomic E-state index is 13.0. The summed E-state index contributed by atoms with van der Waals surface area (Å²) in [5, 5.41) is 0. The molecule has 1 saturated carbocycles. The number of nitrogens with two attached hydrogens (primary N) is 1. The zero-order valence-corrected chi connectivity index (χ0v) is 16.1. The molecule has 1 spiro atoms. The normalized spacial score (nSPS) is 27.1. The van der Waals surface area contributed by atoms with Crippen LogP contribution in [-0.4, -0.2) is 76.8 Å². The molecule has 27 heavy (non-hydrogen) atoms. The molecule has 0 aromatic carbocycles. The second kappa shape index (κ2) is 7.11. The maximum atomic E-state index is 13.0. The fourth-order valence-corrected chi connectivity index (χ4v) is 4.39. The first-order valence-electron chi connectivity index (χ1n) is 9.97. The lowest BCUT2D eigenvalue weighted by Gasteiger charge is -2.49. The molecule has 0 radical (unpaired) electrons. The van der Waals surface area contributed by atoms with Crippen molar-refractivity contribution in [1.29, 1.82) is 0 Å². The Balaban J connectivity index is 1.48. The van der Waals surface area contributed by atoms with Crippen LogP contribution in [0.3, 0.4) is 0 Å². The molecule has 1 aromatic rings. The van der Waals surface area contributed by atoms with Crippen molar-refractivity contribution in [3.63, 3.8) is 0 Å². The van der Waals surface area contributed by atoms with E-state index in [1.54, 1.807) is 18.3 Å². The highest BCUT2D eigenvalue weighted by Gasteiger charge is 2.44. The number of piperazine rings is 1. The van der Waals surface area contributed by atoms with E-state index in [9.17, 15) is 9.59 Å². The number of hydrogen-bond donors (Lipinski definition) is 1. The molecule has 4 rings (SSSR count). The van der Waals surface area contributed by atoms with Crippen LogP contribution >= 0.6 is 0 Å². The number of amides is 2. The Morgan fingerprint density at radius 2 is 2.07 bits per heavy atom. The van der Waals surface area contributed by atoms with Crippen LogP contribution < -0.4 is 5.73 Å². The molecule has 1 unspecified atom stereocenters. The van der Waals surface area contributed by atoms with Crippen molar-refractivity contribution >= 4 is 17.6 Å². The van der Waals surface area contributed by atoms with Crippen molar-refractivity contribution in [1.82, 2.24) is 19.7 Å². The molecular formula is C20H29N5O2. The fourth-order valence-electron chi connectivity index (χ4n) is 4.39.